The van der Waals surface area contributed by atoms with E-state index in [9.17, 15) is 14.4 Å². The highest BCUT2D eigenvalue weighted by molar-refractivity contribution is 9.10. The zero-order chi connectivity index (χ0) is 27.9. The molecule has 3 aromatic rings. The molecule has 0 unspecified atom stereocenters. The minimum absolute atomic E-state index is 0.195. The van der Waals surface area contributed by atoms with Crippen LogP contribution in [0.15, 0.2) is 59.1 Å². The number of thiophene rings is 1. The molecule has 10 heteroatoms. The first-order chi connectivity index (χ1) is 18.0. The van der Waals surface area contributed by atoms with Gasteiger partial charge in [-0.15, -0.1) is 11.3 Å². The Morgan fingerprint density at radius 2 is 1.76 bits per heavy atom. The van der Waals surface area contributed by atoms with Crippen molar-refractivity contribution in [2.75, 3.05) is 25.2 Å². The van der Waals surface area contributed by atoms with Gasteiger partial charge in [-0.25, -0.2) is 14.4 Å². The lowest BCUT2D eigenvalue weighted by molar-refractivity contribution is -0.157. The number of ether oxygens (including phenoxy) is 3. The van der Waals surface area contributed by atoms with Crippen molar-refractivity contribution >= 4 is 50.9 Å². The summed E-state index contributed by atoms with van der Waals surface area (Å²) in [6, 6.07) is 16.9. The van der Waals surface area contributed by atoms with Gasteiger partial charge in [-0.3, -0.25) is 4.90 Å². The normalized spacial score (nSPS) is 11.0. The van der Waals surface area contributed by atoms with Crippen LogP contribution in [-0.2, 0) is 20.8 Å². The number of carbonyl (C=O) groups excluding carboxylic acids is 3. The summed E-state index contributed by atoms with van der Waals surface area (Å²) in [7, 11) is 1.28. The summed E-state index contributed by atoms with van der Waals surface area (Å²) in [4.78, 5) is 40.2. The maximum absolute atomic E-state index is 13.0. The maximum Gasteiger partial charge on any atom is 0.351 e. The Bertz CT molecular complexity index is 1290. The second kappa shape index (κ2) is 12.9. The lowest BCUT2D eigenvalue weighted by atomic mass is 10.1. The van der Waals surface area contributed by atoms with E-state index in [0.717, 1.165) is 22.5 Å². The first-order valence-electron chi connectivity index (χ1n) is 12.0. The van der Waals surface area contributed by atoms with Crippen LogP contribution in [0, 0.1) is 0 Å². The molecule has 0 aliphatic heterocycles. The van der Waals surface area contributed by atoms with E-state index in [1.54, 1.807) is 25.7 Å². The fourth-order valence-corrected chi connectivity index (χ4v) is 5.53. The second-order valence-electron chi connectivity index (χ2n) is 9.21. The summed E-state index contributed by atoms with van der Waals surface area (Å²) in [5.41, 5.74) is 1.78. The van der Waals surface area contributed by atoms with Crippen LogP contribution in [0.5, 0.6) is 5.75 Å². The van der Waals surface area contributed by atoms with Gasteiger partial charge >= 0.3 is 18.0 Å². The van der Waals surface area contributed by atoms with Gasteiger partial charge in [0.1, 0.15) is 5.60 Å². The summed E-state index contributed by atoms with van der Waals surface area (Å²) in [5.74, 6) is -0.955. The van der Waals surface area contributed by atoms with Crippen molar-refractivity contribution in [2.45, 2.75) is 39.8 Å². The van der Waals surface area contributed by atoms with Crippen LogP contribution in [-0.4, -0.2) is 43.8 Å². The zero-order valence-electron chi connectivity index (χ0n) is 22.0. The van der Waals surface area contributed by atoms with Gasteiger partial charge < -0.3 is 19.5 Å². The molecule has 1 aromatic heterocycles. The first-order valence-corrected chi connectivity index (χ1v) is 13.6. The number of nitrogens with one attached hydrogen (secondary N) is 1. The molecule has 0 aliphatic carbocycles. The van der Waals surface area contributed by atoms with Crippen LogP contribution in [0.4, 0.5) is 10.5 Å². The third-order valence-corrected chi connectivity index (χ3v) is 7.42. The van der Waals surface area contributed by atoms with E-state index >= 15 is 0 Å². The van der Waals surface area contributed by atoms with E-state index in [1.165, 1.54) is 7.11 Å². The average molecular weight is 604 g/mol. The summed E-state index contributed by atoms with van der Waals surface area (Å²) >= 11 is 4.70. The summed E-state index contributed by atoms with van der Waals surface area (Å²) in [6.07, 6.45) is 0. The molecule has 1 N–H and O–H groups in total. The van der Waals surface area contributed by atoms with Crippen molar-refractivity contribution in [3.8, 4) is 16.2 Å². The van der Waals surface area contributed by atoms with Crippen LogP contribution in [0.25, 0.3) is 10.4 Å². The number of nitrogens with zero attached hydrogens (tertiary/aromatic N) is 1. The minimum Gasteiger partial charge on any atom is -0.479 e. The van der Waals surface area contributed by atoms with E-state index in [-0.39, 0.29) is 23.3 Å². The van der Waals surface area contributed by atoms with Gasteiger partial charge in [0.15, 0.2) is 17.2 Å². The molecule has 202 valence electrons. The highest BCUT2D eigenvalue weighted by Gasteiger charge is 2.27. The second-order valence-corrected chi connectivity index (χ2v) is 11.0. The number of methoxy groups -OCH3 is 1. The SMILES string of the molecule is CCN(C(=O)NCc1ccccc1)c1cccc(-c2sc(C(=O)OC)c(OCC(=O)OC(C)(C)C)c2Br)c1. The molecule has 3 rings (SSSR count). The lowest BCUT2D eigenvalue weighted by Gasteiger charge is -2.22. The van der Waals surface area contributed by atoms with Crippen LogP contribution in [0.3, 0.4) is 0 Å². The number of hydrogen-bond acceptors (Lipinski definition) is 7. The highest BCUT2D eigenvalue weighted by atomic mass is 79.9. The fraction of sp³-hybridized carbons (Fsp3) is 0.321. The average Bonchev–Trinajstić information content (AvgIpc) is 3.22. The van der Waals surface area contributed by atoms with Crippen molar-refractivity contribution in [1.82, 2.24) is 5.32 Å². The van der Waals surface area contributed by atoms with Gasteiger partial charge in [-0.2, -0.15) is 0 Å². The summed E-state index contributed by atoms with van der Waals surface area (Å²) < 4.78 is 16.5. The van der Waals surface area contributed by atoms with Crippen LogP contribution >= 0.6 is 27.3 Å². The van der Waals surface area contributed by atoms with Crippen molar-refractivity contribution in [1.29, 1.82) is 0 Å². The molecule has 0 bridgehead atoms. The number of benzene rings is 2. The van der Waals surface area contributed by atoms with Crippen molar-refractivity contribution < 1.29 is 28.6 Å². The summed E-state index contributed by atoms with van der Waals surface area (Å²) in [5, 5.41) is 2.95. The largest absolute Gasteiger partial charge is 0.479 e. The monoisotopic (exact) mass is 602 g/mol. The van der Waals surface area contributed by atoms with Crippen LogP contribution in [0.2, 0.25) is 0 Å². The number of carbonyl (C=O) groups is 3. The van der Waals surface area contributed by atoms with E-state index in [4.69, 9.17) is 14.2 Å². The number of hydrogen-bond donors (Lipinski definition) is 1. The molecule has 2 amide bonds. The van der Waals surface area contributed by atoms with Gasteiger partial charge in [0.25, 0.3) is 0 Å². The lowest BCUT2D eigenvalue weighted by Crippen LogP contribution is -2.39. The first kappa shape index (κ1) is 29.2. The van der Waals surface area contributed by atoms with E-state index < -0.39 is 17.5 Å². The van der Waals surface area contributed by atoms with Crippen molar-refractivity contribution in [3.05, 3.63) is 69.5 Å². The molecule has 0 saturated heterocycles. The van der Waals surface area contributed by atoms with Crippen molar-refractivity contribution in [2.24, 2.45) is 0 Å². The van der Waals surface area contributed by atoms with Crippen LogP contribution < -0.4 is 15.0 Å². The van der Waals surface area contributed by atoms with E-state index in [0.29, 0.717) is 28.1 Å². The Kier molecular flexibility index (Phi) is 9.93. The summed E-state index contributed by atoms with van der Waals surface area (Å²) in [6.45, 7) is 7.67. The number of urea groups is 1. The van der Waals surface area contributed by atoms with Gasteiger partial charge in [-0.05, 0) is 66.9 Å². The Hall–Kier alpha value is -3.37. The number of anilines is 1. The standard InChI is InChI=1S/C28H31BrN2O6S/c1-6-31(27(34)30-16-18-11-8-7-9-12-18)20-14-10-13-19(15-20)24-22(29)23(25(38-24)26(33)35-5)36-17-21(32)37-28(2,3)4/h7-15H,6,16-17H2,1-5H3,(H,30,34). The fourth-order valence-electron chi connectivity index (χ4n) is 3.57. The third-order valence-electron chi connectivity index (χ3n) is 5.20. The van der Waals surface area contributed by atoms with Gasteiger partial charge in [0, 0.05) is 18.8 Å². The predicted octanol–water partition coefficient (Wildman–Crippen LogP) is 6.42. The smallest absolute Gasteiger partial charge is 0.351 e. The number of halogens is 1. The Morgan fingerprint density at radius 3 is 2.39 bits per heavy atom. The molecule has 1 heterocycles. The molecule has 8 nitrogen and oxygen atoms in total. The highest BCUT2D eigenvalue weighted by Crippen LogP contribution is 2.46. The number of esters is 2. The van der Waals surface area contributed by atoms with E-state index in [2.05, 4.69) is 21.2 Å². The number of rotatable bonds is 9. The predicted molar refractivity (Wildman–Crippen MR) is 152 cm³/mol. The molecule has 38 heavy (non-hydrogen) atoms. The molecule has 0 spiro atoms. The molecule has 0 fully saturated rings. The quantitative estimate of drug-likeness (QED) is 0.284. The maximum atomic E-state index is 13.0. The third kappa shape index (κ3) is 7.58. The zero-order valence-corrected chi connectivity index (χ0v) is 24.4. The Morgan fingerprint density at radius 1 is 1.05 bits per heavy atom. The molecule has 0 atom stereocenters. The van der Waals surface area contributed by atoms with Gasteiger partial charge in [-0.1, -0.05) is 42.5 Å². The van der Waals surface area contributed by atoms with Gasteiger partial charge in [0.2, 0.25) is 0 Å². The van der Waals surface area contributed by atoms with E-state index in [1.807, 2.05) is 61.5 Å². The topological polar surface area (TPSA) is 94.2 Å². The Labute approximate surface area is 235 Å². The minimum atomic E-state index is -0.665. The van der Waals surface area contributed by atoms with Crippen molar-refractivity contribution in [3.63, 3.8) is 0 Å². The molecule has 0 radical (unpaired) electrons. The molecule has 0 saturated carbocycles. The molecule has 2 aromatic carbocycles. The van der Waals surface area contributed by atoms with Crippen LogP contribution in [0.1, 0.15) is 42.9 Å². The molecule has 0 aliphatic rings. The Balaban J connectivity index is 1.86. The molecular weight excluding hydrogens is 572 g/mol. The van der Waals surface area contributed by atoms with Gasteiger partial charge in [0.05, 0.1) is 16.5 Å². The number of amides is 2. The molecular formula is C28H31BrN2O6S.